The van der Waals surface area contributed by atoms with Crippen molar-refractivity contribution in [2.24, 2.45) is 27.1 Å². The van der Waals surface area contributed by atoms with Crippen LogP contribution in [0.1, 0.15) is 196 Å². The maximum atomic E-state index is 11.6. The molecule has 20 nitrogen and oxygen atoms in total. The lowest BCUT2D eigenvalue weighted by Gasteiger charge is -2.25. The van der Waals surface area contributed by atoms with E-state index in [1.807, 2.05) is 44.5 Å². The van der Waals surface area contributed by atoms with Gasteiger partial charge in [0.1, 0.15) is 56.9 Å². The average molecular weight is 1220 g/mol. The zero-order valence-corrected chi connectivity index (χ0v) is 57.9. The Kier molecular flexibility index (Phi) is 31.4. The van der Waals surface area contributed by atoms with Crippen LogP contribution in [0.15, 0.2) is 47.9 Å². The maximum absolute atomic E-state index is 11.6. The van der Waals surface area contributed by atoms with E-state index in [4.69, 9.17) is 0 Å². The zero-order valence-electron chi connectivity index (χ0n) is 57.9. The highest BCUT2D eigenvalue weighted by atomic mass is 16.2. The first-order chi connectivity index (χ1) is 40.1. The van der Waals surface area contributed by atoms with Crippen LogP contribution in [-0.4, -0.2) is 87.1 Å². The summed E-state index contributed by atoms with van der Waals surface area (Å²) < 4.78 is 0. The minimum absolute atomic E-state index is 0.303. The minimum atomic E-state index is -0.416. The highest BCUT2D eigenvalue weighted by Crippen LogP contribution is 2.27. The van der Waals surface area contributed by atoms with E-state index in [-0.39, 0.29) is 32.6 Å². The molecule has 0 atom stereocenters. The Morgan fingerprint density at radius 2 is 0.540 bits per heavy atom. The van der Waals surface area contributed by atoms with Crippen LogP contribution in [0.25, 0.3) is 0 Å². The molecule has 87 heavy (non-hydrogen) atoms. The van der Waals surface area contributed by atoms with Crippen LogP contribution < -0.4 is 106 Å². The molecule has 0 radical (unpaired) electrons. The molecule has 0 unspecified atom stereocenters. The fourth-order valence-electron chi connectivity index (χ4n) is 9.29. The first kappa shape index (κ1) is 78.4. The summed E-state index contributed by atoms with van der Waals surface area (Å²) in [5, 5.41) is 21.0. The van der Waals surface area contributed by atoms with Gasteiger partial charge in [0.05, 0.1) is 0 Å². The zero-order chi connectivity index (χ0) is 67.2. The Hall–Kier alpha value is -6.60. The second kappa shape index (κ2) is 34.8. The van der Waals surface area contributed by atoms with E-state index >= 15 is 0 Å². The Morgan fingerprint density at radius 1 is 0.299 bits per heavy atom. The van der Waals surface area contributed by atoms with Crippen molar-refractivity contribution in [3.63, 3.8) is 0 Å². The molecule has 5 rings (SSSR count). The molecule has 5 aromatic carbocycles. The van der Waals surface area contributed by atoms with E-state index in [1.54, 1.807) is 26.0 Å². The van der Waals surface area contributed by atoms with Gasteiger partial charge in [-0.3, -0.25) is 47.9 Å². The predicted octanol–water partition coefficient (Wildman–Crippen LogP) is 9.45. The van der Waals surface area contributed by atoms with Crippen molar-refractivity contribution >= 4 is 56.9 Å². The summed E-state index contributed by atoms with van der Waals surface area (Å²) in [7, 11) is 7.03. The van der Waals surface area contributed by atoms with Crippen molar-refractivity contribution in [1.82, 2.24) is 0 Å². The Morgan fingerprint density at radius 3 is 0.816 bits per heavy atom. The highest BCUT2D eigenvalue weighted by Gasteiger charge is 2.27. The van der Waals surface area contributed by atoms with E-state index in [0.29, 0.717) is 90.5 Å². The molecule has 0 bridgehead atoms. The van der Waals surface area contributed by atoms with Crippen molar-refractivity contribution in [3.05, 3.63) is 102 Å². The Balaban J connectivity index is 0.000000544. The summed E-state index contributed by atoms with van der Waals surface area (Å²) >= 11 is 0. The van der Waals surface area contributed by atoms with Gasteiger partial charge < -0.3 is 51.9 Å². The largest absolute Gasteiger partial charge is 0.383 e. The monoisotopic (exact) mass is 1220 g/mol. The van der Waals surface area contributed by atoms with Gasteiger partial charge in [0.25, 0.3) is 54.3 Å². The van der Waals surface area contributed by atoms with Crippen LogP contribution in [0, 0.1) is 27.1 Å². The number of rotatable bonds is 29. The molecule has 5 aromatic rings. The van der Waals surface area contributed by atoms with Crippen LogP contribution in [0.2, 0.25) is 0 Å². The van der Waals surface area contributed by atoms with Crippen LogP contribution in [0.5, 0.6) is 0 Å². The van der Waals surface area contributed by atoms with Gasteiger partial charge in [0.2, 0.25) is 0 Å². The van der Waals surface area contributed by atoms with E-state index in [2.05, 4.69) is 141 Å². The standard InChI is InChI=1S/C15H26N2O2.C14H24N2O2.2C13H22N2O2.C12H20N2O2/c1-6-17(7-2)12-11(13(18)14(12)19)16-10-8-9-15(3,4)5;1-6-16(5)11-10(12(17)13(11)18)15-9-7-8-14(2,3)4;1-13(2,3)7-6-8-14-9-10(15(4)5)12(17)11(9)16;1-5-14-9-10(12(17)11(9)16)15-8-6-7-13(2,3)4;1-12(2,3)6-5-7-14-9-8(13-4)10(15)11(9)16/h16H,6-10H2,1-5H3;15H,6-9H2,1-5H3;14H,6-8H2,1-5H3;14-15H,5-8H2,1-4H3;13-14H,5-7H2,1-4H3. The summed E-state index contributed by atoms with van der Waals surface area (Å²) in [6, 6.07) is 0. The van der Waals surface area contributed by atoms with Gasteiger partial charge in [-0.15, -0.1) is 0 Å². The van der Waals surface area contributed by atoms with Crippen LogP contribution in [-0.2, 0) is 0 Å². The molecule has 0 aliphatic carbocycles. The quantitative estimate of drug-likeness (QED) is 0.0174. The number of anilines is 10. The topological polar surface area (TPSA) is 265 Å². The second-order valence-corrected chi connectivity index (χ2v) is 28.8. The molecule has 0 saturated carbocycles. The molecule has 0 aliphatic heterocycles. The third-order valence-corrected chi connectivity index (χ3v) is 14.5. The van der Waals surface area contributed by atoms with Gasteiger partial charge in [0, 0.05) is 87.1 Å². The molecular formula is C67H114N10O10. The van der Waals surface area contributed by atoms with Gasteiger partial charge in [-0.25, -0.2) is 0 Å². The summed E-state index contributed by atoms with van der Waals surface area (Å²) in [5.41, 5.74) is 2.60. The lowest BCUT2D eigenvalue weighted by atomic mass is 9.90. The predicted molar refractivity (Wildman–Crippen MR) is 373 cm³/mol. The van der Waals surface area contributed by atoms with Crippen molar-refractivity contribution in [1.29, 1.82) is 0 Å². The molecule has 0 saturated heterocycles. The molecule has 492 valence electrons. The molecule has 0 heterocycles. The van der Waals surface area contributed by atoms with E-state index in [0.717, 1.165) is 117 Å². The Bertz CT molecular complexity index is 3260. The smallest absolute Gasteiger partial charge is 0.253 e. The molecule has 0 aromatic heterocycles. The highest BCUT2D eigenvalue weighted by molar-refractivity contribution is 5.77. The summed E-state index contributed by atoms with van der Waals surface area (Å²) in [5.74, 6) is 0. The van der Waals surface area contributed by atoms with Crippen LogP contribution in [0.4, 0.5) is 56.9 Å². The van der Waals surface area contributed by atoms with Gasteiger partial charge in [-0.2, -0.15) is 0 Å². The number of nitrogens with one attached hydrogen (secondary N) is 7. The van der Waals surface area contributed by atoms with Crippen molar-refractivity contribution in [2.45, 2.75) is 196 Å². The maximum Gasteiger partial charge on any atom is 0.253 e. The summed E-state index contributed by atoms with van der Waals surface area (Å²) in [6.45, 7) is 47.3. The van der Waals surface area contributed by atoms with E-state index in [9.17, 15) is 47.9 Å². The van der Waals surface area contributed by atoms with Crippen LogP contribution >= 0.6 is 0 Å². The number of nitrogens with zero attached hydrogens (tertiary/aromatic N) is 3. The summed E-state index contributed by atoms with van der Waals surface area (Å²) in [6.07, 6.45) is 10.4. The van der Waals surface area contributed by atoms with Gasteiger partial charge >= 0.3 is 0 Å². The third-order valence-electron chi connectivity index (χ3n) is 14.5. The Labute approximate surface area is 518 Å². The molecule has 0 amide bonds. The van der Waals surface area contributed by atoms with E-state index < -0.39 is 21.7 Å². The molecule has 0 spiro atoms. The second-order valence-electron chi connectivity index (χ2n) is 28.8. The molecular weight excluding hydrogens is 1100 g/mol. The molecule has 7 N–H and O–H groups in total. The van der Waals surface area contributed by atoms with Gasteiger partial charge in [-0.05, 0) is 119 Å². The first-order valence-corrected chi connectivity index (χ1v) is 31.5. The SMILES string of the molecule is CCN(C)c1c(NCCCC(C)(C)C)c(=O)c1=O.CCN(CC)c1c(NCCCC(C)(C)C)c(=O)c1=O.CCNc1c(NCCCC(C)(C)C)c(=O)c1=O.CN(C)c1c(NCCCC(C)(C)C)c(=O)c1=O.CNc1c(NCCCC(C)(C)C)c(=O)c1=O. The van der Waals surface area contributed by atoms with Crippen molar-refractivity contribution < 1.29 is 0 Å². The summed E-state index contributed by atoms with van der Waals surface area (Å²) in [4.78, 5) is 119. The molecule has 0 fully saturated rings. The van der Waals surface area contributed by atoms with Crippen molar-refractivity contribution in [2.75, 3.05) is 139 Å². The normalized spacial score (nSPS) is 11.8. The van der Waals surface area contributed by atoms with E-state index in [1.165, 1.54) is 0 Å². The van der Waals surface area contributed by atoms with Gasteiger partial charge in [-0.1, -0.05) is 104 Å². The minimum Gasteiger partial charge on any atom is -0.383 e. The third kappa shape index (κ3) is 25.6. The van der Waals surface area contributed by atoms with Crippen molar-refractivity contribution in [3.8, 4) is 0 Å². The van der Waals surface area contributed by atoms with Crippen LogP contribution in [0.3, 0.4) is 0 Å². The molecule has 0 aliphatic rings. The fraction of sp³-hybridized carbons (Fsp3) is 0.701. The van der Waals surface area contributed by atoms with Gasteiger partial charge in [0.15, 0.2) is 0 Å². The number of hydrogen-bond acceptors (Lipinski definition) is 20. The lowest BCUT2D eigenvalue weighted by Crippen LogP contribution is -2.42. The number of hydrogen-bond donors (Lipinski definition) is 7. The lowest BCUT2D eigenvalue weighted by molar-refractivity contribution is 0.370. The first-order valence-electron chi connectivity index (χ1n) is 31.5. The average Bonchev–Trinajstić information content (AvgIpc) is 1.60. The molecule has 20 heteroatoms. The fourth-order valence-corrected chi connectivity index (χ4v) is 9.29.